The standard InChI is InChI=1S/C36H29N3.C18H13N3/c1-25-16-20-28(21-17-25)37-36-33-15-9-8-14-32(33)35(39(36)30-22-18-26(2)19-23-30)34-31-13-7-6-10-27(31)24-38(34)29-11-4-3-5-12-29;1-13-6-8-16(9-7-13)21-12-14-4-2-3-5-17(14)18(21)15(10-19)11-20/h3-23H,24H2,1-2H3;2-9H,12H2,1H3/b35-34-,37-36?;. The van der Waals surface area contributed by atoms with E-state index in [1.54, 1.807) is 0 Å². The summed E-state index contributed by atoms with van der Waals surface area (Å²) < 4.78 is 0. The normalized spacial score (nSPS) is 15.4. The molecule has 3 aliphatic heterocycles. The molecule has 0 radical (unpaired) electrons. The molecule has 0 N–H and O–H groups in total. The number of amidine groups is 1. The van der Waals surface area contributed by atoms with Crippen LogP contribution < -0.4 is 14.7 Å². The molecule has 0 aromatic heterocycles. The molecule has 0 bridgehead atoms. The molecule has 0 spiro atoms. The number of fused-ring (bicyclic) bond motifs is 3. The van der Waals surface area contributed by atoms with Gasteiger partial charge >= 0.3 is 0 Å². The van der Waals surface area contributed by atoms with Crippen LogP contribution in [0.25, 0.3) is 17.1 Å². The van der Waals surface area contributed by atoms with Crippen LogP contribution in [0.1, 0.15) is 50.1 Å². The summed E-state index contributed by atoms with van der Waals surface area (Å²) in [5, 5.41) is 18.5. The third kappa shape index (κ3) is 7.02. The van der Waals surface area contributed by atoms with Crippen LogP contribution in [0, 0.1) is 43.4 Å². The van der Waals surface area contributed by atoms with Crippen molar-refractivity contribution in [3.05, 3.63) is 232 Å². The summed E-state index contributed by atoms with van der Waals surface area (Å²) >= 11 is 0. The monoisotopic (exact) mass is 774 g/mol. The summed E-state index contributed by atoms with van der Waals surface area (Å²) in [6.07, 6.45) is 0. The lowest BCUT2D eigenvalue weighted by Gasteiger charge is -2.28. The third-order valence-corrected chi connectivity index (χ3v) is 11.3. The summed E-state index contributed by atoms with van der Waals surface area (Å²) in [6.45, 7) is 7.79. The maximum Gasteiger partial charge on any atom is 0.153 e. The van der Waals surface area contributed by atoms with Crippen molar-refractivity contribution in [1.82, 2.24) is 0 Å². The Hall–Kier alpha value is -7.93. The first-order valence-corrected chi connectivity index (χ1v) is 20.2. The Morgan fingerprint density at radius 2 is 0.917 bits per heavy atom. The van der Waals surface area contributed by atoms with E-state index in [1.807, 2.05) is 72.5 Å². The summed E-state index contributed by atoms with van der Waals surface area (Å²) in [7, 11) is 0. The Kier molecular flexibility index (Phi) is 10.1. The molecule has 10 rings (SSSR count). The maximum absolute atomic E-state index is 9.26. The van der Waals surface area contributed by atoms with E-state index < -0.39 is 0 Å². The topological polar surface area (TPSA) is 69.7 Å². The zero-order valence-electron chi connectivity index (χ0n) is 33.8. The Labute approximate surface area is 352 Å². The van der Waals surface area contributed by atoms with E-state index in [0.717, 1.165) is 51.8 Å². The number of nitrogens with zero attached hydrogens (tertiary/aromatic N) is 6. The molecule has 6 nitrogen and oxygen atoms in total. The molecule has 0 amide bonds. The van der Waals surface area contributed by atoms with E-state index in [-0.39, 0.29) is 5.57 Å². The lowest BCUT2D eigenvalue weighted by atomic mass is 10.0. The molecule has 0 saturated heterocycles. The minimum Gasteiger partial charge on any atom is -0.335 e. The first kappa shape index (κ1) is 37.6. The quantitative estimate of drug-likeness (QED) is 0.167. The van der Waals surface area contributed by atoms with Gasteiger partial charge in [-0.15, -0.1) is 0 Å². The predicted molar refractivity (Wildman–Crippen MR) is 245 cm³/mol. The van der Waals surface area contributed by atoms with Gasteiger partial charge in [-0.3, -0.25) is 4.90 Å². The SMILES string of the molecule is Cc1ccc(N2Cc3ccccc3C2=C(C#N)C#N)cc1.Cc1ccc(N=C2c3ccccc3/C(=C3\c4ccccc4CN3c3ccccc3)N2c2ccc(C)cc2)cc1. The highest BCUT2D eigenvalue weighted by molar-refractivity contribution is 6.29. The van der Waals surface area contributed by atoms with Gasteiger partial charge in [0.15, 0.2) is 5.57 Å². The molecule has 0 unspecified atom stereocenters. The second-order valence-electron chi connectivity index (χ2n) is 15.3. The highest BCUT2D eigenvalue weighted by Crippen LogP contribution is 2.48. The van der Waals surface area contributed by atoms with Crippen molar-refractivity contribution in [3.63, 3.8) is 0 Å². The van der Waals surface area contributed by atoms with Gasteiger partial charge in [0.25, 0.3) is 0 Å². The van der Waals surface area contributed by atoms with Gasteiger partial charge in [-0.1, -0.05) is 144 Å². The Bertz CT molecular complexity index is 2890. The van der Waals surface area contributed by atoms with Crippen LogP contribution in [-0.4, -0.2) is 5.84 Å². The van der Waals surface area contributed by atoms with Crippen LogP contribution in [-0.2, 0) is 13.1 Å². The van der Waals surface area contributed by atoms with Crippen molar-refractivity contribution < 1.29 is 0 Å². The minimum atomic E-state index is 0.153. The number of para-hydroxylation sites is 1. The van der Waals surface area contributed by atoms with Crippen LogP contribution in [0.15, 0.2) is 186 Å². The van der Waals surface area contributed by atoms with Crippen molar-refractivity contribution in [2.75, 3.05) is 14.7 Å². The summed E-state index contributed by atoms with van der Waals surface area (Å²) in [5.74, 6) is 0.943. The molecule has 0 atom stereocenters. The zero-order chi connectivity index (χ0) is 41.2. The fourth-order valence-electron chi connectivity index (χ4n) is 8.26. The van der Waals surface area contributed by atoms with Crippen LogP contribution >= 0.6 is 0 Å². The van der Waals surface area contributed by atoms with E-state index in [2.05, 4.69) is 151 Å². The van der Waals surface area contributed by atoms with Gasteiger partial charge in [-0.05, 0) is 80.4 Å². The van der Waals surface area contributed by atoms with Gasteiger partial charge in [0.2, 0.25) is 0 Å². The van der Waals surface area contributed by atoms with Gasteiger partial charge in [0.1, 0.15) is 18.0 Å². The molecule has 0 aliphatic carbocycles. The summed E-state index contributed by atoms with van der Waals surface area (Å²) in [6, 6.07) is 65.5. The predicted octanol–water partition coefficient (Wildman–Crippen LogP) is 12.5. The highest BCUT2D eigenvalue weighted by atomic mass is 15.3. The molecule has 3 aliphatic rings. The van der Waals surface area contributed by atoms with Gasteiger partial charge < -0.3 is 9.80 Å². The van der Waals surface area contributed by atoms with E-state index in [4.69, 9.17) is 4.99 Å². The fraction of sp³-hybridized carbons (Fsp3) is 0.0926. The number of anilines is 3. The average Bonchev–Trinajstić information content (AvgIpc) is 3.96. The maximum atomic E-state index is 9.26. The third-order valence-electron chi connectivity index (χ3n) is 11.3. The molecule has 0 fully saturated rings. The molecular weight excluding hydrogens is 733 g/mol. The number of hydrogen-bond donors (Lipinski definition) is 0. The Morgan fingerprint density at radius 3 is 1.53 bits per heavy atom. The van der Waals surface area contributed by atoms with Crippen molar-refractivity contribution in [2.24, 2.45) is 4.99 Å². The van der Waals surface area contributed by atoms with E-state index in [1.165, 1.54) is 44.8 Å². The first-order chi connectivity index (χ1) is 29.4. The lowest BCUT2D eigenvalue weighted by molar-refractivity contribution is 1.04. The number of aliphatic imine (C=N–C) groups is 1. The van der Waals surface area contributed by atoms with Crippen LogP contribution in [0.5, 0.6) is 0 Å². The molecule has 288 valence electrons. The van der Waals surface area contributed by atoms with Crippen molar-refractivity contribution in [2.45, 2.75) is 33.9 Å². The molecule has 6 heteroatoms. The van der Waals surface area contributed by atoms with Crippen LogP contribution in [0.4, 0.5) is 22.7 Å². The van der Waals surface area contributed by atoms with E-state index in [9.17, 15) is 10.5 Å². The average molecular weight is 775 g/mol. The number of nitriles is 2. The number of rotatable bonds is 4. The second kappa shape index (κ2) is 16.1. The molecule has 3 heterocycles. The van der Waals surface area contributed by atoms with Crippen LogP contribution in [0.3, 0.4) is 0 Å². The van der Waals surface area contributed by atoms with Crippen LogP contribution in [0.2, 0.25) is 0 Å². The largest absolute Gasteiger partial charge is 0.335 e. The minimum absolute atomic E-state index is 0.153. The number of hydrogen-bond acceptors (Lipinski definition) is 5. The lowest BCUT2D eigenvalue weighted by Crippen LogP contribution is -2.26. The van der Waals surface area contributed by atoms with Gasteiger partial charge in [0, 0.05) is 52.4 Å². The molecular formula is C54H42N6. The van der Waals surface area contributed by atoms with Crippen molar-refractivity contribution in [1.29, 1.82) is 10.5 Å². The fourth-order valence-corrected chi connectivity index (χ4v) is 8.26. The number of benzene rings is 7. The molecule has 7 aromatic carbocycles. The van der Waals surface area contributed by atoms with Gasteiger partial charge in [0.05, 0.1) is 22.8 Å². The highest BCUT2D eigenvalue weighted by Gasteiger charge is 2.39. The van der Waals surface area contributed by atoms with Gasteiger partial charge in [-0.2, -0.15) is 10.5 Å². The summed E-state index contributed by atoms with van der Waals surface area (Å²) in [4.78, 5) is 12.1. The smallest absolute Gasteiger partial charge is 0.153 e. The van der Waals surface area contributed by atoms with Gasteiger partial charge in [-0.25, -0.2) is 4.99 Å². The van der Waals surface area contributed by atoms with E-state index in [0.29, 0.717) is 12.2 Å². The molecule has 7 aromatic rings. The second-order valence-corrected chi connectivity index (χ2v) is 15.3. The molecule has 60 heavy (non-hydrogen) atoms. The molecule has 0 saturated carbocycles. The summed E-state index contributed by atoms with van der Waals surface area (Å²) in [5.41, 5.74) is 18.1. The number of aryl methyl sites for hydroxylation is 3. The van der Waals surface area contributed by atoms with Crippen molar-refractivity contribution >= 4 is 45.7 Å². The van der Waals surface area contributed by atoms with E-state index >= 15 is 0 Å². The Morgan fingerprint density at radius 1 is 0.450 bits per heavy atom. The Balaban J connectivity index is 0.000000186. The zero-order valence-corrected chi connectivity index (χ0v) is 33.8. The first-order valence-electron chi connectivity index (χ1n) is 20.2. The van der Waals surface area contributed by atoms with Crippen molar-refractivity contribution in [3.8, 4) is 12.1 Å². The number of allylic oxidation sites excluding steroid dienone is 1.